The SMILES string of the molecule is COC(=O)c1c(-c2ccc(OC)c(COc3ccccc3C(N)=O)c2)nn(-c2ccccc2)c1C(=O)OC. The number of hydrogen-bond acceptors (Lipinski definition) is 8. The zero-order chi connectivity index (χ0) is 27.2. The van der Waals surface area contributed by atoms with Crippen LogP contribution in [0.5, 0.6) is 11.5 Å². The molecule has 0 atom stereocenters. The number of methoxy groups -OCH3 is 3. The fraction of sp³-hybridized carbons (Fsp3) is 0.143. The lowest BCUT2D eigenvalue weighted by atomic mass is 10.0. The average Bonchev–Trinajstić information content (AvgIpc) is 3.36. The molecule has 4 rings (SSSR count). The van der Waals surface area contributed by atoms with Crippen molar-refractivity contribution < 1.29 is 33.3 Å². The number of nitrogens with zero attached hydrogens (tertiary/aromatic N) is 2. The summed E-state index contributed by atoms with van der Waals surface area (Å²) in [6.07, 6.45) is 0. The highest BCUT2D eigenvalue weighted by molar-refractivity contribution is 6.06. The van der Waals surface area contributed by atoms with Crippen LogP contribution in [-0.2, 0) is 16.1 Å². The summed E-state index contributed by atoms with van der Waals surface area (Å²) < 4.78 is 22.7. The predicted molar refractivity (Wildman–Crippen MR) is 138 cm³/mol. The van der Waals surface area contributed by atoms with E-state index in [0.717, 1.165) is 0 Å². The maximum absolute atomic E-state index is 12.9. The lowest BCUT2D eigenvalue weighted by molar-refractivity contribution is 0.0549. The van der Waals surface area contributed by atoms with Crippen molar-refractivity contribution in [1.82, 2.24) is 9.78 Å². The van der Waals surface area contributed by atoms with Gasteiger partial charge in [-0.15, -0.1) is 0 Å². The summed E-state index contributed by atoms with van der Waals surface area (Å²) in [4.78, 5) is 37.6. The van der Waals surface area contributed by atoms with Gasteiger partial charge in [0, 0.05) is 11.1 Å². The Morgan fingerprint density at radius 3 is 2.18 bits per heavy atom. The van der Waals surface area contributed by atoms with E-state index in [1.54, 1.807) is 66.7 Å². The van der Waals surface area contributed by atoms with Crippen molar-refractivity contribution >= 4 is 17.8 Å². The molecule has 0 radical (unpaired) electrons. The van der Waals surface area contributed by atoms with Crippen LogP contribution >= 0.6 is 0 Å². The average molecular weight is 516 g/mol. The number of primary amides is 1. The summed E-state index contributed by atoms with van der Waals surface area (Å²) in [6, 6.07) is 20.6. The number of amides is 1. The predicted octanol–water partition coefficient (Wildman–Crippen LogP) is 3.80. The Bertz CT molecular complexity index is 1500. The van der Waals surface area contributed by atoms with Crippen LogP contribution in [-0.4, -0.2) is 49.0 Å². The van der Waals surface area contributed by atoms with Crippen LogP contribution in [0.2, 0.25) is 0 Å². The van der Waals surface area contributed by atoms with Crippen molar-refractivity contribution in [2.45, 2.75) is 6.61 Å². The second-order valence-corrected chi connectivity index (χ2v) is 7.98. The van der Waals surface area contributed by atoms with Gasteiger partial charge in [0.1, 0.15) is 29.4 Å². The lowest BCUT2D eigenvalue weighted by Crippen LogP contribution is -2.15. The fourth-order valence-electron chi connectivity index (χ4n) is 3.95. The van der Waals surface area contributed by atoms with E-state index in [9.17, 15) is 14.4 Å². The van der Waals surface area contributed by atoms with Crippen molar-refractivity contribution in [2.24, 2.45) is 5.73 Å². The first-order valence-corrected chi connectivity index (χ1v) is 11.4. The van der Waals surface area contributed by atoms with E-state index in [1.807, 2.05) is 6.07 Å². The van der Waals surface area contributed by atoms with Crippen LogP contribution in [0.15, 0.2) is 72.8 Å². The first kappa shape index (κ1) is 26.0. The summed E-state index contributed by atoms with van der Waals surface area (Å²) in [5.41, 5.74) is 7.39. The van der Waals surface area contributed by atoms with E-state index in [0.29, 0.717) is 28.3 Å². The molecule has 0 aliphatic carbocycles. The summed E-state index contributed by atoms with van der Waals surface area (Å²) in [5.74, 6) is -1.32. The van der Waals surface area contributed by atoms with E-state index in [-0.39, 0.29) is 29.1 Å². The molecule has 2 N–H and O–H groups in total. The van der Waals surface area contributed by atoms with Gasteiger partial charge < -0.3 is 24.7 Å². The topological polar surface area (TPSA) is 132 Å². The fourth-order valence-corrected chi connectivity index (χ4v) is 3.95. The van der Waals surface area contributed by atoms with Gasteiger partial charge in [0.2, 0.25) is 0 Å². The first-order chi connectivity index (χ1) is 18.4. The van der Waals surface area contributed by atoms with Gasteiger partial charge in [-0.3, -0.25) is 4.79 Å². The molecule has 4 aromatic rings. The number of para-hydroxylation sites is 2. The molecule has 10 nitrogen and oxygen atoms in total. The Balaban J connectivity index is 1.85. The summed E-state index contributed by atoms with van der Waals surface area (Å²) in [7, 11) is 3.95. The van der Waals surface area contributed by atoms with Crippen molar-refractivity contribution in [3.63, 3.8) is 0 Å². The minimum Gasteiger partial charge on any atom is -0.496 e. The van der Waals surface area contributed by atoms with E-state index in [1.165, 1.54) is 26.0 Å². The summed E-state index contributed by atoms with van der Waals surface area (Å²) in [5, 5.41) is 4.61. The molecular formula is C28H25N3O7. The zero-order valence-corrected chi connectivity index (χ0v) is 21.0. The minimum absolute atomic E-state index is 0.0120. The number of rotatable bonds is 9. The molecular weight excluding hydrogens is 490 g/mol. The molecule has 0 aliphatic heterocycles. The largest absolute Gasteiger partial charge is 0.496 e. The highest BCUT2D eigenvalue weighted by Gasteiger charge is 2.31. The van der Waals surface area contributed by atoms with Crippen LogP contribution in [0.25, 0.3) is 16.9 Å². The third-order valence-electron chi connectivity index (χ3n) is 5.74. The standard InChI is InChI=1S/C28H25N3O7/c1-35-21-14-13-17(15-18(21)16-38-22-12-8-7-11-20(22)26(29)32)24-23(27(33)36-2)25(28(34)37-3)31(30-24)19-9-5-4-6-10-19/h4-15H,16H2,1-3H3,(H2,29,32). The van der Waals surface area contributed by atoms with Crippen LogP contribution < -0.4 is 15.2 Å². The Morgan fingerprint density at radius 1 is 0.842 bits per heavy atom. The van der Waals surface area contributed by atoms with E-state index in [4.69, 9.17) is 24.7 Å². The highest BCUT2D eigenvalue weighted by Crippen LogP contribution is 2.33. The molecule has 1 amide bonds. The lowest BCUT2D eigenvalue weighted by Gasteiger charge is -2.13. The number of hydrogen-bond donors (Lipinski definition) is 1. The van der Waals surface area contributed by atoms with E-state index >= 15 is 0 Å². The molecule has 0 spiro atoms. The summed E-state index contributed by atoms with van der Waals surface area (Å²) in [6.45, 7) is 0.0120. The maximum Gasteiger partial charge on any atom is 0.357 e. The van der Waals surface area contributed by atoms with Gasteiger partial charge in [-0.25, -0.2) is 14.3 Å². The number of esters is 2. The molecule has 0 unspecified atom stereocenters. The Kier molecular flexibility index (Phi) is 7.72. The second kappa shape index (κ2) is 11.3. The van der Waals surface area contributed by atoms with Gasteiger partial charge in [-0.1, -0.05) is 30.3 Å². The van der Waals surface area contributed by atoms with E-state index < -0.39 is 17.8 Å². The Morgan fingerprint density at radius 2 is 1.53 bits per heavy atom. The molecule has 0 fully saturated rings. The van der Waals surface area contributed by atoms with Crippen LogP contribution in [0.4, 0.5) is 0 Å². The quantitative estimate of drug-likeness (QED) is 0.333. The molecule has 0 bridgehead atoms. The van der Waals surface area contributed by atoms with Crippen LogP contribution in [0, 0.1) is 0 Å². The number of carbonyl (C=O) groups excluding carboxylic acids is 3. The van der Waals surface area contributed by atoms with Crippen LogP contribution in [0.3, 0.4) is 0 Å². The van der Waals surface area contributed by atoms with Gasteiger partial charge in [-0.2, -0.15) is 5.10 Å². The third-order valence-corrected chi connectivity index (χ3v) is 5.74. The van der Waals surface area contributed by atoms with Gasteiger partial charge >= 0.3 is 11.9 Å². The van der Waals surface area contributed by atoms with Gasteiger partial charge in [0.25, 0.3) is 5.91 Å². The van der Waals surface area contributed by atoms with Crippen molar-refractivity contribution in [2.75, 3.05) is 21.3 Å². The number of aromatic nitrogens is 2. The van der Waals surface area contributed by atoms with Gasteiger partial charge in [0.15, 0.2) is 5.69 Å². The molecule has 0 saturated heterocycles. The zero-order valence-electron chi connectivity index (χ0n) is 21.0. The minimum atomic E-state index is -0.758. The van der Waals surface area contributed by atoms with Crippen molar-refractivity contribution in [3.8, 4) is 28.4 Å². The summed E-state index contributed by atoms with van der Waals surface area (Å²) >= 11 is 0. The Labute approximate surface area is 218 Å². The maximum atomic E-state index is 12.9. The third kappa shape index (κ3) is 5.05. The van der Waals surface area contributed by atoms with Crippen molar-refractivity contribution in [3.05, 3.63) is 95.2 Å². The molecule has 194 valence electrons. The molecule has 1 aromatic heterocycles. The number of nitrogens with two attached hydrogens (primary N) is 1. The normalized spacial score (nSPS) is 10.5. The van der Waals surface area contributed by atoms with Crippen LogP contribution in [0.1, 0.15) is 36.8 Å². The van der Waals surface area contributed by atoms with Crippen molar-refractivity contribution in [1.29, 1.82) is 0 Å². The number of carbonyl (C=O) groups is 3. The highest BCUT2D eigenvalue weighted by atomic mass is 16.5. The molecule has 38 heavy (non-hydrogen) atoms. The smallest absolute Gasteiger partial charge is 0.357 e. The Hall–Kier alpha value is -5.12. The van der Waals surface area contributed by atoms with E-state index in [2.05, 4.69) is 5.10 Å². The number of ether oxygens (including phenoxy) is 4. The number of benzene rings is 3. The monoisotopic (exact) mass is 515 g/mol. The van der Waals surface area contributed by atoms with Gasteiger partial charge in [0.05, 0.1) is 32.6 Å². The first-order valence-electron chi connectivity index (χ1n) is 11.4. The molecule has 0 saturated carbocycles. The second-order valence-electron chi connectivity index (χ2n) is 7.98. The molecule has 10 heteroatoms. The molecule has 3 aromatic carbocycles. The molecule has 0 aliphatic rings. The molecule has 1 heterocycles. The van der Waals surface area contributed by atoms with Gasteiger partial charge in [-0.05, 0) is 42.5 Å².